The van der Waals surface area contributed by atoms with Crippen LogP contribution < -0.4 is 21.4 Å². The van der Waals surface area contributed by atoms with Crippen molar-refractivity contribution >= 4 is 17.6 Å². The van der Waals surface area contributed by atoms with Gasteiger partial charge in [-0.1, -0.05) is 26.7 Å². The van der Waals surface area contributed by atoms with Gasteiger partial charge in [0.25, 0.3) is 0 Å². The van der Waals surface area contributed by atoms with Crippen LogP contribution in [0.3, 0.4) is 0 Å². The summed E-state index contributed by atoms with van der Waals surface area (Å²) in [6.07, 6.45) is 5.82. The molecule has 0 bridgehead atoms. The first-order chi connectivity index (χ1) is 17.7. The van der Waals surface area contributed by atoms with Crippen molar-refractivity contribution in [2.45, 2.75) is 59.5 Å². The SMILES string of the molecule is Cc1cc(Oc2ccc(Nc3nc(=O)n(C[C@H](C)C(=O)O)c(=O)n3CC3CCC(C)CC3)cc2)ccn1. The summed E-state index contributed by atoms with van der Waals surface area (Å²) in [6, 6.07) is 10.7. The molecule has 10 nitrogen and oxygen atoms in total. The number of rotatable bonds is 9. The number of hydrogen-bond acceptors (Lipinski definition) is 7. The molecule has 1 aromatic carbocycles. The number of carboxylic acid groups (broad SMARTS) is 1. The Bertz CT molecular complexity index is 1360. The largest absolute Gasteiger partial charge is 0.481 e. The molecule has 3 aromatic rings. The molecule has 196 valence electrons. The quantitative estimate of drug-likeness (QED) is 0.441. The number of benzene rings is 1. The Morgan fingerprint density at radius 2 is 1.81 bits per heavy atom. The van der Waals surface area contributed by atoms with E-state index in [2.05, 4.69) is 22.2 Å². The molecule has 0 radical (unpaired) electrons. The third-order valence-corrected chi connectivity index (χ3v) is 6.82. The highest BCUT2D eigenvalue weighted by atomic mass is 16.5. The zero-order chi connectivity index (χ0) is 26.5. The summed E-state index contributed by atoms with van der Waals surface area (Å²) >= 11 is 0. The Morgan fingerprint density at radius 3 is 2.46 bits per heavy atom. The zero-order valence-corrected chi connectivity index (χ0v) is 21.4. The van der Waals surface area contributed by atoms with Crippen molar-refractivity contribution in [3.05, 3.63) is 69.3 Å². The van der Waals surface area contributed by atoms with Crippen LogP contribution in [0, 0.1) is 24.7 Å². The fourth-order valence-corrected chi connectivity index (χ4v) is 4.52. The predicted molar refractivity (Wildman–Crippen MR) is 139 cm³/mol. The fraction of sp³-hybridized carbons (Fsp3) is 0.444. The molecule has 1 atom stereocenters. The van der Waals surface area contributed by atoms with Gasteiger partial charge in [0, 0.05) is 36.7 Å². The molecule has 10 heteroatoms. The minimum Gasteiger partial charge on any atom is -0.481 e. The molecule has 1 fully saturated rings. The Labute approximate surface area is 215 Å². The maximum Gasteiger partial charge on any atom is 0.354 e. The minimum atomic E-state index is -1.08. The lowest BCUT2D eigenvalue weighted by atomic mass is 9.83. The van der Waals surface area contributed by atoms with Gasteiger partial charge in [-0.15, -0.1) is 0 Å². The molecular weight excluding hydrogens is 474 g/mol. The van der Waals surface area contributed by atoms with Crippen LogP contribution in [0.1, 0.15) is 45.2 Å². The summed E-state index contributed by atoms with van der Waals surface area (Å²) < 4.78 is 8.26. The molecule has 4 rings (SSSR count). The normalized spacial score (nSPS) is 18.2. The van der Waals surface area contributed by atoms with Crippen LogP contribution in [-0.4, -0.2) is 30.2 Å². The number of anilines is 2. The standard InChI is InChI=1S/C27H33N5O5/c1-17-4-6-20(7-5-17)16-31-25(30-26(35)32(27(31)36)15-18(2)24(33)34)29-21-8-10-22(11-9-21)37-23-12-13-28-19(3)14-23/h8-14,17-18,20H,4-7,15-16H2,1-3H3,(H,33,34)(H,29,30,35)/t17?,18-,20?/m0/s1. The van der Waals surface area contributed by atoms with Crippen molar-refractivity contribution in [3.8, 4) is 11.5 Å². The van der Waals surface area contributed by atoms with E-state index in [4.69, 9.17) is 4.74 Å². The molecule has 2 N–H and O–H groups in total. The zero-order valence-electron chi connectivity index (χ0n) is 21.4. The number of nitrogens with one attached hydrogen (secondary N) is 1. The third-order valence-electron chi connectivity index (χ3n) is 6.82. The number of aliphatic carboxylic acids is 1. The summed E-state index contributed by atoms with van der Waals surface area (Å²) in [7, 11) is 0. The van der Waals surface area contributed by atoms with Gasteiger partial charge in [-0.25, -0.2) is 14.2 Å². The van der Waals surface area contributed by atoms with Crippen molar-refractivity contribution in [3.63, 3.8) is 0 Å². The molecule has 1 saturated carbocycles. The van der Waals surface area contributed by atoms with Crippen LogP contribution in [0.15, 0.2) is 52.2 Å². The molecule has 1 aliphatic carbocycles. The highest BCUT2D eigenvalue weighted by Crippen LogP contribution is 2.30. The van der Waals surface area contributed by atoms with Gasteiger partial charge in [0.15, 0.2) is 0 Å². The Morgan fingerprint density at radius 1 is 1.11 bits per heavy atom. The van der Waals surface area contributed by atoms with E-state index in [0.29, 0.717) is 29.6 Å². The number of aromatic nitrogens is 4. The first-order valence-electron chi connectivity index (χ1n) is 12.6. The van der Waals surface area contributed by atoms with Crippen LogP contribution in [0.25, 0.3) is 0 Å². The lowest BCUT2D eigenvalue weighted by Crippen LogP contribution is -2.45. The number of nitrogens with zero attached hydrogens (tertiary/aromatic N) is 4. The summed E-state index contributed by atoms with van der Waals surface area (Å²) in [4.78, 5) is 45.8. The number of ether oxygens (including phenoxy) is 1. The monoisotopic (exact) mass is 507 g/mol. The molecule has 0 aliphatic heterocycles. The van der Waals surface area contributed by atoms with E-state index in [9.17, 15) is 19.5 Å². The molecule has 37 heavy (non-hydrogen) atoms. The van der Waals surface area contributed by atoms with Crippen molar-refractivity contribution in [2.75, 3.05) is 5.32 Å². The molecule has 0 spiro atoms. The van der Waals surface area contributed by atoms with Gasteiger partial charge in [0.1, 0.15) is 11.5 Å². The summed E-state index contributed by atoms with van der Waals surface area (Å²) in [6.45, 7) is 5.75. The minimum absolute atomic E-state index is 0.145. The number of carboxylic acids is 1. The van der Waals surface area contributed by atoms with Crippen molar-refractivity contribution in [1.29, 1.82) is 0 Å². The smallest absolute Gasteiger partial charge is 0.354 e. The summed E-state index contributed by atoms with van der Waals surface area (Å²) in [5.41, 5.74) is 0.149. The third kappa shape index (κ3) is 6.63. The number of aryl methyl sites for hydroxylation is 1. The van der Waals surface area contributed by atoms with Gasteiger partial charge in [0.2, 0.25) is 5.95 Å². The van der Waals surface area contributed by atoms with E-state index in [1.54, 1.807) is 36.5 Å². The average molecular weight is 508 g/mol. The Hall–Kier alpha value is -3.95. The van der Waals surface area contributed by atoms with Crippen LogP contribution in [0.4, 0.5) is 11.6 Å². The van der Waals surface area contributed by atoms with E-state index in [1.807, 2.05) is 13.0 Å². The van der Waals surface area contributed by atoms with Gasteiger partial charge >= 0.3 is 17.3 Å². The lowest BCUT2D eigenvalue weighted by Gasteiger charge is -2.27. The van der Waals surface area contributed by atoms with E-state index in [1.165, 1.54) is 11.5 Å². The Kier molecular flexibility index (Phi) is 8.05. The van der Waals surface area contributed by atoms with E-state index in [0.717, 1.165) is 35.9 Å². The van der Waals surface area contributed by atoms with Gasteiger partial charge < -0.3 is 15.2 Å². The highest BCUT2D eigenvalue weighted by molar-refractivity contribution is 5.69. The van der Waals surface area contributed by atoms with Crippen LogP contribution in [0.5, 0.6) is 11.5 Å². The second-order valence-electron chi connectivity index (χ2n) is 9.97. The second-order valence-corrected chi connectivity index (χ2v) is 9.97. The predicted octanol–water partition coefficient (Wildman–Crippen LogP) is 4.19. The summed E-state index contributed by atoms with van der Waals surface area (Å²) in [5, 5.41) is 12.4. The van der Waals surface area contributed by atoms with Crippen molar-refractivity contribution < 1.29 is 14.6 Å². The van der Waals surface area contributed by atoms with E-state index >= 15 is 0 Å². The number of hydrogen-bond donors (Lipinski definition) is 2. The van der Waals surface area contributed by atoms with Crippen molar-refractivity contribution in [2.24, 2.45) is 17.8 Å². The molecule has 0 unspecified atom stereocenters. The molecule has 1 aliphatic rings. The van der Waals surface area contributed by atoms with Gasteiger partial charge in [-0.05, 0) is 61.9 Å². The molecular formula is C27H33N5O5. The van der Waals surface area contributed by atoms with Crippen molar-refractivity contribution in [1.82, 2.24) is 19.1 Å². The molecule has 2 heterocycles. The number of carbonyl (C=O) groups is 1. The van der Waals surface area contributed by atoms with Gasteiger partial charge in [0.05, 0.1) is 5.92 Å². The first-order valence-corrected chi connectivity index (χ1v) is 12.6. The summed E-state index contributed by atoms with van der Waals surface area (Å²) in [5.74, 6) is 0.397. The van der Waals surface area contributed by atoms with Crippen LogP contribution in [-0.2, 0) is 17.9 Å². The maximum atomic E-state index is 13.4. The van der Waals surface area contributed by atoms with Gasteiger partial charge in [-0.2, -0.15) is 4.98 Å². The van der Waals surface area contributed by atoms with Crippen LogP contribution in [0.2, 0.25) is 0 Å². The Balaban J connectivity index is 1.60. The first kappa shape index (κ1) is 26.1. The van der Waals surface area contributed by atoms with E-state index < -0.39 is 23.3 Å². The molecule has 0 saturated heterocycles. The maximum absolute atomic E-state index is 13.4. The topological polar surface area (TPSA) is 128 Å². The lowest BCUT2D eigenvalue weighted by molar-refractivity contribution is -0.141. The number of pyridine rings is 1. The molecule has 0 amide bonds. The van der Waals surface area contributed by atoms with E-state index in [-0.39, 0.29) is 18.4 Å². The average Bonchev–Trinajstić information content (AvgIpc) is 2.86. The van der Waals surface area contributed by atoms with Crippen LogP contribution >= 0.6 is 0 Å². The highest BCUT2D eigenvalue weighted by Gasteiger charge is 2.23. The van der Waals surface area contributed by atoms with Gasteiger partial charge in [-0.3, -0.25) is 14.3 Å². The molecule has 2 aromatic heterocycles. The fourth-order valence-electron chi connectivity index (χ4n) is 4.52. The second kappa shape index (κ2) is 11.4.